The fourth-order valence-corrected chi connectivity index (χ4v) is 8.49. The Bertz CT molecular complexity index is 1370. The lowest BCUT2D eigenvalue weighted by Gasteiger charge is -2.11. The number of esters is 2. The maximum absolute atomic E-state index is 13.0. The van der Waals surface area contributed by atoms with Crippen molar-refractivity contribution in [2.24, 2.45) is 0 Å². The van der Waals surface area contributed by atoms with Gasteiger partial charge in [-0.2, -0.15) is 8.42 Å². The molecule has 0 unspecified atom stereocenters. The quantitative estimate of drug-likeness (QED) is 0.0301. The molecule has 1 rings (SSSR count). The molecular weight excluding hydrogens is 793 g/mol. The van der Waals surface area contributed by atoms with Gasteiger partial charge in [-0.25, -0.2) is 9.59 Å². The molecule has 0 saturated heterocycles. The molecule has 0 aliphatic rings. The van der Waals surface area contributed by atoms with Crippen LogP contribution in [0.2, 0.25) is 0 Å². The van der Waals surface area contributed by atoms with Crippen molar-refractivity contribution in [1.82, 2.24) is 0 Å². The molecule has 0 bridgehead atoms. The molecule has 0 aliphatic heterocycles. The van der Waals surface area contributed by atoms with E-state index >= 15 is 0 Å². The Morgan fingerprint density at radius 1 is 0.419 bits per heavy atom. The second kappa shape index (κ2) is 42.5. The van der Waals surface area contributed by atoms with Crippen molar-refractivity contribution in [3.63, 3.8) is 0 Å². The van der Waals surface area contributed by atoms with Crippen molar-refractivity contribution in [3.8, 4) is 0 Å². The lowest BCUT2D eigenvalue weighted by Crippen LogP contribution is -2.16. The fraction of sp³-hybridized carbons (Fsp3) is 0.778. The highest BCUT2D eigenvalue weighted by atomic mass is 32.2. The zero-order valence-corrected chi connectivity index (χ0v) is 40.9. The molecule has 0 amide bonds. The molecule has 0 saturated carbocycles. The van der Waals surface area contributed by atoms with Gasteiger partial charge < -0.3 is 9.47 Å². The van der Waals surface area contributed by atoms with Crippen LogP contribution in [0.25, 0.3) is 0 Å². The Balaban J connectivity index is 2.13. The van der Waals surface area contributed by atoms with Crippen molar-refractivity contribution in [2.75, 3.05) is 13.2 Å². The molecule has 0 radical (unpaired) electrons. The minimum Gasteiger partial charge on any atom is -0.462 e. The molecule has 0 atom stereocenters. The summed E-state index contributed by atoms with van der Waals surface area (Å²) < 4.78 is 44.1. The van der Waals surface area contributed by atoms with Crippen LogP contribution in [0.1, 0.15) is 279 Å². The first-order valence-electron chi connectivity index (χ1n) is 26.1. The number of ether oxygens (including phenoxy) is 2. The summed E-state index contributed by atoms with van der Waals surface area (Å²) >= 11 is 0. The van der Waals surface area contributed by atoms with Gasteiger partial charge in [0.15, 0.2) is 0 Å². The van der Waals surface area contributed by atoms with E-state index in [1.807, 2.05) is 0 Å². The predicted octanol–water partition coefficient (Wildman–Crippen LogP) is 17.2. The average molecular weight is 887 g/mol. The van der Waals surface area contributed by atoms with E-state index in [1.165, 1.54) is 199 Å². The Morgan fingerprint density at radius 2 is 0.694 bits per heavy atom. The van der Waals surface area contributed by atoms with E-state index < -0.39 is 27.0 Å². The number of hydrogen-bond acceptors (Lipinski definition) is 6. The summed E-state index contributed by atoms with van der Waals surface area (Å²) in [7, 11) is -4.57. The summed E-state index contributed by atoms with van der Waals surface area (Å²) in [5.41, 5.74) is -0.268. The number of carbonyl (C=O) groups is 2. The smallest absolute Gasteiger partial charge is 0.339 e. The minimum absolute atomic E-state index is 0.0591. The number of rotatable bonds is 45. The van der Waals surface area contributed by atoms with Gasteiger partial charge in [0.2, 0.25) is 0 Å². The van der Waals surface area contributed by atoms with E-state index in [0.717, 1.165) is 57.1 Å². The van der Waals surface area contributed by atoms with Crippen LogP contribution < -0.4 is 0 Å². The Hall–Kier alpha value is -2.45. The molecular formula is C54H94O7S. The lowest BCUT2D eigenvalue weighted by molar-refractivity contribution is 0.0450. The van der Waals surface area contributed by atoms with Gasteiger partial charge in [0.25, 0.3) is 10.1 Å². The molecule has 0 heterocycles. The van der Waals surface area contributed by atoms with Crippen LogP contribution in [-0.2, 0) is 19.6 Å². The molecule has 7 nitrogen and oxygen atoms in total. The van der Waals surface area contributed by atoms with E-state index in [1.54, 1.807) is 0 Å². The van der Waals surface area contributed by atoms with Crippen molar-refractivity contribution >= 4 is 22.1 Å². The van der Waals surface area contributed by atoms with Gasteiger partial charge in [-0.3, -0.25) is 4.55 Å². The second-order valence-electron chi connectivity index (χ2n) is 17.9. The molecule has 1 N–H and O–H groups in total. The van der Waals surface area contributed by atoms with Crippen LogP contribution >= 0.6 is 0 Å². The number of unbranched alkanes of at least 4 members (excludes halogenated alkanes) is 34. The van der Waals surface area contributed by atoms with Gasteiger partial charge >= 0.3 is 11.9 Å². The first kappa shape index (κ1) is 57.6. The second-order valence-corrected chi connectivity index (χ2v) is 19.3. The average Bonchev–Trinajstić information content (AvgIpc) is 3.26. The highest BCUT2D eigenvalue weighted by Crippen LogP contribution is 2.20. The number of carbonyl (C=O) groups excluding carboxylic acids is 2. The third-order valence-corrected chi connectivity index (χ3v) is 12.9. The lowest BCUT2D eigenvalue weighted by atomic mass is 10.1. The summed E-state index contributed by atoms with van der Waals surface area (Å²) in [5, 5.41) is 0. The van der Waals surface area contributed by atoms with Gasteiger partial charge in [0, 0.05) is 0 Å². The SMILES string of the molecule is CCCCCCCCCC/C=C/CCCCCCCCCCCOC(=O)c1ccc(S(=O)(=O)O)cc1C(=O)OCCCCCCCCCCC/C=C/CCCCCCCCCC. The van der Waals surface area contributed by atoms with Crippen molar-refractivity contribution < 1.29 is 32.0 Å². The third kappa shape index (κ3) is 35.0. The van der Waals surface area contributed by atoms with E-state index in [4.69, 9.17) is 9.47 Å². The summed E-state index contributed by atoms with van der Waals surface area (Å²) in [6.07, 6.45) is 56.7. The summed E-state index contributed by atoms with van der Waals surface area (Å²) in [5.74, 6) is -1.50. The number of benzene rings is 1. The van der Waals surface area contributed by atoms with Crippen LogP contribution in [0.4, 0.5) is 0 Å². The van der Waals surface area contributed by atoms with E-state index in [0.29, 0.717) is 6.42 Å². The molecule has 0 fully saturated rings. The van der Waals surface area contributed by atoms with Crippen LogP contribution in [-0.4, -0.2) is 38.1 Å². The number of allylic oxidation sites excluding steroid dienone is 4. The van der Waals surface area contributed by atoms with Crippen LogP contribution in [0.5, 0.6) is 0 Å². The summed E-state index contributed by atoms with van der Waals surface area (Å²) in [4.78, 5) is 25.5. The molecule has 0 spiro atoms. The van der Waals surface area contributed by atoms with Gasteiger partial charge in [-0.15, -0.1) is 0 Å². The summed E-state index contributed by atoms with van der Waals surface area (Å²) in [6.45, 7) is 4.93. The fourth-order valence-electron chi connectivity index (χ4n) is 7.98. The molecule has 1 aromatic carbocycles. The molecule has 8 heteroatoms. The third-order valence-electron chi connectivity index (χ3n) is 12.0. The normalized spacial score (nSPS) is 11.9. The van der Waals surface area contributed by atoms with Gasteiger partial charge in [-0.1, -0.05) is 218 Å². The van der Waals surface area contributed by atoms with E-state index in [9.17, 15) is 22.6 Å². The standard InChI is InChI=1S/C54H94O7S/c1-3-5-7-9-11-13-15-17-19-21-23-25-27-29-31-33-35-37-39-41-43-47-60-53(55)51-46-45-50(62(57,58)59)49-52(51)54(56)61-48-44-42-40-38-36-34-32-30-28-26-24-22-20-18-16-14-12-10-8-6-4-2/h21-24,45-46,49H,3-20,25-44,47-48H2,1-2H3,(H,57,58,59)/b23-21+,24-22+. The van der Waals surface area contributed by atoms with Crippen molar-refractivity contribution in [2.45, 2.75) is 263 Å². The van der Waals surface area contributed by atoms with Gasteiger partial charge in [0.05, 0.1) is 29.2 Å². The first-order valence-corrected chi connectivity index (χ1v) is 27.5. The van der Waals surface area contributed by atoms with Crippen molar-refractivity contribution in [1.29, 1.82) is 0 Å². The summed E-state index contributed by atoms with van der Waals surface area (Å²) in [6, 6.07) is 3.32. The maximum Gasteiger partial charge on any atom is 0.339 e. The van der Waals surface area contributed by atoms with E-state index in [2.05, 4.69) is 38.2 Å². The Morgan fingerprint density at radius 3 is 1.00 bits per heavy atom. The van der Waals surface area contributed by atoms with Gasteiger partial charge in [0.1, 0.15) is 0 Å². The highest BCUT2D eigenvalue weighted by molar-refractivity contribution is 7.85. The topological polar surface area (TPSA) is 107 Å². The van der Waals surface area contributed by atoms with Crippen LogP contribution in [0.3, 0.4) is 0 Å². The van der Waals surface area contributed by atoms with E-state index in [-0.39, 0.29) is 24.3 Å². The Labute approximate surface area is 382 Å². The zero-order valence-electron chi connectivity index (χ0n) is 40.1. The molecule has 0 aromatic heterocycles. The van der Waals surface area contributed by atoms with Crippen LogP contribution in [0, 0.1) is 0 Å². The zero-order chi connectivity index (χ0) is 45.0. The number of hydrogen-bond donors (Lipinski definition) is 1. The maximum atomic E-state index is 13.0. The highest BCUT2D eigenvalue weighted by Gasteiger charge is 2.23. The van der Waals surface area contributed by atoms with Crippen molar-refractivity contribution in [3.05, 3.63) is 53.6 Å². The first-order chi connectivity index (χ1) is 30.3. The molecule has 0 aliphatic carbocycles. The van der Waals surface area contributed by atoms with Crippen LogP contribution in [0.15, 0.2) is 47.4 Å². The molecule has 1 aromatic rings. The minimum atomic E-state index is -4.57. The predicted molar refractivity (Wildman–Crippen MR) is 262 cm³/mol. The Kier molecular flexibility index (Phi) is 39.5. The van der Waals surface area contributed by atoms with Gasteiger partial charge in [-0.05, 0) is 82.4 Å². The largest absolute Gasteiger partial charge is 0.462 e. The molecule has 358 valence electrons. The monoisotopic (exact) mass is 887 g/mol. The molecule has 62 heavy (non-hydrogen) atoms.